The Kier molecular flexibility index (Phi) is 6.46. The Balaban J connectivity index is 1.31. The van der Waals surface area contributed by atoms with Gasteiger partial charge in [-0.05, 0) is 50.6 Å². The van der Waals surface area contributed by atoms with Crippen molar-refractivity contribution in [3.63, 3.8) is 0 Å². The van der Waals surface area contributed by atoms with E-state index in [1.54, 1.807) is 0 Å². The summed E-state index contributed by atoms with van der Waals surface area (Å²) in [5, 5.41) is 0. The highest BCUT2D eigenvalue weighted by Gasteiger charge is 2.38. The van der Waals surface area contributed by atoms with E-state index in [1.807, 2.05) is 12.1 Å². The van der Waals surface area contributed by atoms with Crippen molar-refractivity contribution in [3.05, 3.63) is 163 Å². The van der Waals surface area contributed by atoms with Crippen LogP contribution in [0.4, 0.5) is 0 Å². The first-order valence-electron chi connectivity index (χ1n) is 15.4. The molecule has 0 radical (unpaired) electrons. The van der Waals surface area contributed by atoms with Crippen molar-refractivity contribution < 1.29 is 0 Å². The second kappa shape index (κ2) is 10.8. The molecule has 45 heavy (non-hydrogen) atoms. The van der Waals surface area contributed by atoms with Gasteiger partial charge in [-0.2, -0.15) is 0 Å². The summed E-state index contributed by atoms with van der Waals surface area (Å²) < 4.78 is 0. The summed E-state index contributed by atoms with van der Waals surface area (Å²) in [4.78, 5) is 15.4. The Labute approximate surface area is 264 Å². The van der Waals surface area contributed by atoms with E-state index >= 15 is 0 Å². The van der Waals surface area contributed by atoms with Crippen molar-refractivity contribution in [2.24, 2.45) is 0 Å². The van der Waals surface area contributed by atoms with Crippen molar-refractivity contribution in [3.8, 4) is 67.5 Å². The molecule has 0 bridgehead atoms. The number of hydrogen-bond acceptors (Lipinski definition) is 3. The molecule has 1 aromatic heterocycles. The van der Waals surface area contributed by atoms with Crippen molar-refractivity contribution in [1.82, 2.24) is 15.0 Å². The molecule has 0 atom stereocenters. The third-order valence-electron chi connectivity index (χ3n) is 8.93. The second-order valence-electron chi connectivity index (χ2n) is 12.1. The van der Waals surface area contributed by atoms with Crippen molar-refractivity contribution in [1.29, 1.82) is 0 Å². The molecule has 8 rings (SSSR count). The average Bonchev–Trinajstić information content (AvgIpc) is 3.35. The third-order valence-corrected chi connectivity index (χ3v) is 8.93. The van der Waals surface area contributed by atoms with Crippen LogP contribution < -0.4 is 0 Å². The first kappa shape index (κ1) is 26.9. The maximum absolute atomic E-state index is 5.18. The second-order valence-corrected chi connectivity index (χ2v) is 12.1. The lowest BCUT2D eigenvalue weighted by Crippen LogP contribution is -2.17. The summed E-state index contributed by atoms with van der Waals surface area (Å²) in [5.74, 6) is 2.00. The molecule has 0 saturated heterocycles. The minimum absolute atomic E-state index is 0.194. The summed E-state index contributed by atoms with van der Waals surface area (Å²) in [6.45, 7) is 4.60. The van der Waals surface area contributed by atoms with Crippen LogP contribution in [0.25, 0.3) is 67.5 Å². The zero-order valence-corrected chi connectivity index (χ0v) is 25.3. The van der Waals surface area contributed by atoms with Crippen LogP contribution in [0.5, 0.6) is 0 Å². The number of fused-ring (bicyclic) bond motifs is 3. The molecule has 0 N–H and O–H groups in total. The van der Waals surface area contributed by atoms with Gasteiger partial charge in [0.2, 0.25) is 0 Å². The third kappa shape index (κ3) is 4.74. The molecule has 7 aromatic rings. The van der Waals surface area contributed by atoms with Crippen LogP contribution in [0.15, 0.2) is 152 Å². The summed E-state index contributed by atoms with van der Waals surface area (Å²) in [5.41, 5.74) is 12.5. The zero-order valence-electron chi connectivity index (χ0n) is 25.3. The Morgan fingerprint density at radius 2 is 0.822 bits per heavy atom. The van der Waals surface area contributed by atoms with E-state index in [4.69, 9.17) is 15.0 Å². The first-order chi connectivity index (χ1) is 22.1. The van der Waals surface area contributed by atoms with Gasteiger partial charge >= 0.3 is 0 Å². The molecule has 0 aliphatic heterocycles. The van der Waals surface area contributed by atoms with Crippen molar-refractivity contribution in [2.75, 3.05) is 0 Å². The number of hydrogen-bond donors (Lipinski definition) is 0. The predicted octanol–water partition coefficient (Wildman–Crippen LogP) is 10.5. The van der Waals surface area contributed by atoms with Crippen LogP contribution in [0.3, 0.4) is 0 Å². The quantitative estimate of drug-likeness (QED) is 0.204. The largest absolute Gasteiger partial charge is 0.208 e. The predicted molar refractivity (Wildman–Crippen MR) is 185 cm³/mol. The molecule has 0 saturated carbocycles. The molecule has 3 nitrogen and oxygen atoms in total. The molecular weight excluding hydrogens is 546 g/mol. The summed E-state index contributed by atoms with van der Waals surface area (Å²) >= 11 is 0. The van der Waals surface area contributed by atoms with E-state index in [0.717, 1.165) is 33.4 Å². The van der Waals surface area contributed by atoms with Gasteiger partial charge in [-0.15, -0.1) is 0 Å². The Morgan fingerprint density at radius 1 is 0.356 bits per heavy atom. The van der Waals surface area contributed by atoms with Gasteiger partial charge in [0, 0.05) is 22.1 Å². The smallest absolute Gasteiger partial charge is 0.164 e. The van der Waals surface area contributed by atoms with Gasteiger partial charge in [-0.1, -0.05) is 159 Å². The summed E-state index contributed by atoms with van der Waals surface area (Å²) in [6.07, 6.45) is 0. The Bertz CT molecular complexity index is 2170. The van der Waals surface area contributed by atoms with Crippen LogP contribution in [0.2, 0.25) is 0 Å². The van der Waals surface area contributed by atoms with E-state index in [-0.39, 0.29) is 5.41 Å². The molecule has 1 aliphatic rings. The number of benzene rings is 6. The molecular formula is C42H31N3. The lowest BCUT2D eigenvalue weighted by Gasteiger charge is -2.24. The highest BCUT2D eigenvalue weighted by molar-refractivity contribution is 5.87. The molecule has 3 heteroatoms. The lowest BCUT2D eigenvalue weighted by atomic mass is 9.80. The number of rotatable bonds is 5. The van der Waals surface area contributed by atoms with Gasteiger partial charge < -0.3 is 0 Å². The summed E-state index contributed by atoms with van der Waals surface area (Å²) in [7, 11) is 0. The highest BCUT2D eigenvalue weighted by Crippen LogP contribution is 2.51. The van der Waals surface area contributed by atoms with Gasteiger partial charge in [-0.25, -0.2) is 15.0 Å². The molecule has 1 heterocycles. The molecule has 6 aromatic carbocycles. The average molecular weight is 578 g/mol. The fourth-order valence-corrected chi connectivity index (χ4v) is 6.70. The van der Waals surface area contributed by atoms with Crippen LogP contribution >= 0.6 is 0 Å². The van der Waals surface area contributed by atoms with Crippen LogP contribution in [0.1, 0.15) is 25.0 Å². The lowest BCUT2D eigenvalue weighted by molar-refractivity contribution is 0.661. The van der Waals surface area contributed by atoms with E-state index in [2.05, 4.69) is 153 Å². The first-order valence-corrected chi connectivity index (χ1v) is 15.4. The van der Waals surface area contributed by atoms with E-state index < -0.39 is 0 Å². The monoisotopic (exact) mass is 577 g/mol. The maximum Gasteiger partial charge on any atom is 0.164 e. The van der Waals surface area contributed by atoms with Gasteiger partial charge in [0.25, 0.3) is 0 Å². The SMILES string of the molecule is CC1(C)c2ccccc2-c2cccc(-c3nc(-c4ccc(-c5ccccc5)cc4)nc(-c4cccc(-c5ccccc5)c4)n3)c21. The number of nitrogens with zero attached hydrogens (tertiary/aromatic N) is 3. The standard InChI is InChI=1S/C42H31N3/c1-42(2)37-22-10-9-19-34(37)35-20-12-21-36(38(35)42)41-44-39(31-25-23-30(24-26-31)28-13-5-3-6-14-28)43-40(45-41)33-18-11-17-32(27-33)29-15-7-4-8-16-29/h3-27H,1-2H3. The fourth-order valence-electron chi connectivity index (χ4n) is 6.70. The molecule has 214 valence electrons. The normalized spacial score (nSPS) is 12.8. The Hall–Kier alpha value is -5.67. The van der Waals surface area contributed by atoms with E-state index in [1.165, 1.54) is 27.8 Å². The van der Waals surface area contributed by atoms with Gasteiger partial charge in [0.1, 0.15) is 0 Å². The molecule has 1 aliphatic carbocycles. The van der Waals surface area contributed by atoms with Crippen LogP contribution in [-0.4, -0.2) is 15.0 Å². The van der Waals surface area contributed by atoms with Crippen molar-refractivity contribution in [2.45, 2.75) is 19.3 Å². The van der Waals surface area contributed by atoms with Crippen LogP contribution in [0, 0.1) is 0 Å². The Morgan fingerprint density at radius 3 is 1.56 bits per heavy atom. The summed E-state index contributed by atoms with van der Waals surface area (Å²) in [6, 6.07) is 53.1. The fraction of sp³-hybridized carbons (Fsp3) is 0.0714. The number of aromatic nitrogens is 3. The van der Waals surface area contributed by atoms with Crippen LogP contribution in [-0.2, 0) is 5.41 Å². The molecule has 0 unspecified atom stereocenters. The van der Waals surface area contributed by atoms with Crippen molar-refractivity contribution >= 4 is 0 Å². The van der Waals surface area contributed by atoms with E-state index in [9.17, 15) is 0 Å². The van der Waals surface area contributed by atoms with E-state index in [0.29, 0.717) is 17.5 Å². The van der Waals surface area contributed by atoms with Gasteiger partial charge in [0.05, 0.1) is 0 Å². The minimum Gasteiger partial charge on any atom is -0.208 e. The van der Waals surface area contributed by atoms with Gasteiger partial charge in [0.15, 0.2) is 17.5 Å². The highest BCUT2D eigenvalue weighted by atomic mass is 15.0. The van der Waals surface area contributed by atoms with Gasteiger partial charge in [-0.3, -0.25) is 0 Å². The zero-order chi connectivity index (χ0) is 30.4. The minimum atomic E-state index is -0.194. The topological polar surface area (TPSA) is 38.7 Å². The maximum atomic E-state index is 5.18. The molecule has 0 spiro atoms. The molecule has 0 amide bonds. The molecule has 0 fully saturated rings.